The van der Waals surface area contributed by atoms with Crippen molar-refractivity contribution in [3.63, 3.8) is 0 Å². The number of halogens is 2. The summed E-state index contributed by atoms with van der Waals surface area (Å²) in [5, 5.41) is 0.555. The average molecular weight is 384 g/mol. The zero-order chi connectivity index (χ0) is 15.5. The first kappa shape index (κ1) is 15.4. The molecule has 0 aliphatic carbocycles. The molecule has 0 amide bonds. The van der Waals surface area contributed by atoms with E-state index >= 15 is 0 Å². The Bertz CT molecular complexity index is 612. The lowest BCUT2D eigenvalue weighted by molar-refractivity contribution is 0.473. The summed E-state index contributed by atoms with van der Waals surface area (Å²) >= 11 is 9.19. The van der Waals surface area contributed by atoms with Crippen LogP contribution in [0.5, 0.6) is 0 Å². The number of rotatable bonds is 3. The third-order valence-corrected chi connectivity index (χ3v) is 4.43. The molecular formula is C14H16BrClN6. The Morgan fingerprint density at radius 2 is 1.68 bits per heavy atom. The third kappa shape index (κ3) is 3.47. The molecule has 0 spiro atoms. The van der Waals surface area contributed by atoms with Gasteiger partial charge in [-0.3, -0.25) is 0 Å². The number of hydrogen-bond donors (Lipinski definition) is 0. The summed E-state index contributed by atoms with van der Waals surface area (Å²) in [5.74, 6) is 1.50. The van der Waals surface area contributed by atoms with Crippen molar-refractivity contribution in [2.45, 2.75) is 18.9 Å². The summed E-state index contributed by atoms with van der Waals surface area (Å²) < 4.78 is 0.894. The number of piperidine rings is 1. The van der Waals surface area contributed by atoms with Crippen LogP contribution >= 0.6 is 27.5 Å². The van der Waals surface area contributed by atoms with E-state index in [0.717, 1.165) is 36.4 Å². The van der Waals surface area contributed by atoms with E-state index < -0.39 is 0 Å². The van der Waals surface area contributed by atoms with Crippen molar-refractivity contribution in [2.24, 2.45) is 0 Å². The minimum absolute atomic E-state index is 0.410. The van der Waals surface area contributed by atoms with Crippen LogP contribution in [0, 0.1) is 0 Å². The van der Waals surface area contributed by atoms with E-state index in [1.165, 1.54) is 0 Å². The molecule has 6 nitrogen and oxygen atoms in total. The highest BCUT2D eigenvalue weighted by Gasteiger charge is 2.25. The van der Waals surface area contributed by atoms with Gasteiger partial charge in [0.25, 0.3) is 0 Å². The third-order valence-electron chi connectivity index (χ3n) is 3.82. The molecule has 0 N–H and O–H groups in total. The van der Waals surface area contributed by atoms with Crippen molar-refractivity contribution in [3.8, 4) is 0 Å². The molecule has 0 unspecified atom stereocenters. The van der Waals surface area contributed by atoms with Gasteiger partial charge in [0.05, 0.1) is 21.9 Å². The summed E-state index contributed by atoms with van der Waals surface area (Å²) in [6.07, 6.45) is 8.85. The van der Waals surface area contributed by atoms with E-state index in [-0.39, 0.29) is 0 Å². The molecule has 1 fully saturated rings. The first-order valence-electron chi connectivity index (χ1n) is 7.06. The predicted molar refractivity (Wildman–Crippen MR) is 90.4 cm³/mol. The van der Waals surface area contributed by atoms with Gasteiger partial charge in [-0.1, -0.05) is 11.6 Å². The molecule has 3 heterocycles. The normalized spacial score (nSPS) is 15.9. The average Bonchev–Trinajstić information content (AvgIpc) is 2.56. The Kier molecular flexibility index (Phi) is 4.73. The van der Waals surface area contributed by atoms with E-state index in [0.29, 0.717) is 17.0 Å². The van der Waals surface area contributed by atoms with E-state index in [1.807, 2.05) is 7.05 Å². The van der Waals surface area contributed by atoms with Crippen LogP contribution in [0.2, 0.25) is 5.02 Å². The van der Waals surface area contributed by atoms with Crippen LogP contribution in [0.25, 0.3) is 0 Å². The minimum atomic E-state index is 0.410. The monoisotopic (exact) mass is 382 g/mol. The summed E-state index contributed by atoms with van der Waals surface area (Å²) in [4.78, 5) is 21.6. The first-order valence-corrected chi connectivity index (χ1v) is 8.23. The van der Waals surface area contributed by atoms with Gasteiger partial charge in [0.1, 0.15) is 0 Å². The number of aromatic nitrogens is 4. The highest BCUT2D eigenvalue weighted by molar-refractivity contribution is 9.10. The molecule has 0 atom stereocenters. The second kappa shape index (κ2) is 6.75. The van der Waals surface area contributed by atoms with Crippen LogP contribution in [-0.2, 0) is 0 Å². The second-order valence-electron chi connectivity index (χ2n) is 5.23. The molecule has 1 saturated heterocycles. The van der Waals surface area contributed by atoms with Crippen molar-refractivity contribution < 1.29 is 0 Å². The summed E-state index contributed by atoms with van der Waals surface area (Å²) in [6.45, 7) is 1.84. The van der Waals surface area contributed by atoms with Crippen LogP contribution < -0.4 is 9.80 Å². The van der Waals surface area contributed by atoms with Crippen molar-refractivity contribution in [2.75, 3.05) is 29.9 Å². The molecule has 8 heteroatoms. The molecule has 0 bridgehead atoms. The molecule has 0 saturated carbocycles. The maximum atomic E-state index is 5.83. The topological polar surface area (TPSA) is 58.0 Å². The maximum absolute atomic E-state index is 5.83. The highest BCUT2D eigenvalue weighted by atomic mass is 79.9. The van der Waals surface area contributed by atoms with Gasteiger partial charge in [0.15, 0.2) is 0 Å². The zero-order valence-electron chi connectivity index (χ0n) is 12.2. The van der Waals surface area contributed by atoms with Gasteiger partial charge in [-0.15, -0.1) is 0 Å². The van der Waals surface area contributed by atoms with E-state index in [2.05, 4.69) is 45.7 Å². The number of anilines is 2. The van der Waals surface area contributed by atoms with Gasteiger partial charge in [-0.05, 0) is 28.8 Å². The fourth-order valence-electron chi connectivity index (χ4n) is 2.57. The van der Waals surface area contributed by atoms with E-state index in [4.69, 9.17) is 11.6 Å². The van der Waals surface area contributed by atoms with Crippen LogP contribution in [0.15, 0.2) is 29.3 Å². The fourth-order valence-corrected chi connectivity index (χ4v) is 2.88. The molecule has 2 aromatic rings. The lowest BCUT2D eigenvalue weighted by Crippen LogP contribution is -2.44. The van der Waals surface area contributed by atoms with Crippen molar-refractivity contribution >= 4 is 39.4 Å². The zero-order valence-corrected chi connectivity index (χ0v) is 14.5. The van der Waals surface area contributed by atoms with Crippen LogP contribution in [0.4, 0.5) is 11.9 Å². The lowest BCUT2D eigenvalue weighted by atomic mass is 10.0. The Labute approximate surface area is 142 Å². The van der Waals surface area contributed by atoms with Crippen LogP contribution in [0.3, 0.4) is 0 Å². The van der Waals surface area contributed by atoms with E-state index in [9.17, 15) is 0 Å². The lowest BCUT2D eigenvalue weighted by Gasteiger charge is -2.36. The molecule has 116 valence electrons. The Morgan fingerprint density at radius 3 is 2.27 bits per heavy atom. The second-order valence-corrected chi connectivity index (χ2v) is 6.58. The van der Waals surface area contributed by atoms with Gasteiger partial charge in [0.2, 0.25) is 11.9 Å². The summed E-state index contributed by atoms with van der Waals surface area (Å²) in [6, 6.07) is 0.410. The molecule has 0 aromatic carbocycles. The Hall–Kier alpha value is -1.47. The quantitative estimate of drug-likeness (QED) is 0.812. The Balaban J connectivity index is 1.61. The van der Waals surface area contributed by atoms with Gasteiger partial charge in [-0.2, -0.15) is 0 Å². The fraction of sp³-hybridized carbons (Fsp3) is 0.429. The van der Waals surface area contributed by atoms with Gasteiger partial charge in [0, 0.05) is 38.6 Å². The summed E-state index contributed by atoms with van der Waals surface area (Å²) in [5.41, 5.74) is 0. The molecule has 3 rings (SSSR count). The molecular weight excluding hydrogens is 368 g/mol. The molecule has 22 heavy (non-hydrogen) atoms. The van der Waals surface area contributed by atoms with Crippen LogP contribution in [0.1, 0.15) is 12.8 Å². The predicted octanol–water partition coefficient (Wildman–Crippen LogP) is 2.79. The van der Waals surface area contributed by atoms with Crippen LogP contribution in [-0.4, -0.2) is 46.1 Å². The number of nitrogens with zero attached hydrogens (tertiary/aromatic N) is 6. The van der Waals surface area contributed by atoms with Crippen molar-refractivity contribution in [1.82, 2.24) is 19.9 Å². The molecule has 2 aromatic heterocycles. The van der Waals surface area contributed by atoms with Gasteiger partial charge < -0.3 is 9.80 Å². The number of hydrogen-bond acceptors (Lipinski definition) is 6. The van der Waals surface area contributed by atoms with Crippen molar-refractivity contribution in [3.05, 3.63) is 34.3 Å². The minimum Gasteiger partial charge on any atom is -0.341 e. The SMILES string of the molecule is CN(c1ncc(Cl)cn1)C1CCN(c2ncc(Br)cn2)CC1. The Morgan fingerprint density at radius 1 is 1.09 bits per heavy atom. The smallest absolute Gasteiger partial charge is 0.225 e. The molecule has 0 radical (unpaired) electrons. The molecule has 1 aliphatic rings. The first-order chi connectivity index (χ1) is 10.6. The van der Waals surface area contributed by atoms with Gasteiger partial charge >= 0.3 is 0 Å². The largest absolute Gasteiger partial charge is 0.341 e. The maximum Gasteiger partial charge on any atom is 0.225 e. The van der Waals surface area contributed by atoms with Gasteiger partial charge in [-0.25, -0.2) is 19.9 Å². The van der Waals surface area contributed by atoms with E-state index in [1.54, 1.807) is 24.8 Å². The highest BCUT2D eigenvalue weighted by Crippen LogP contribution is 2.22. The standard InChI is InChI=1S/C14H16BrClN6/c1-21(13-19-8-11(16)9-20-13)12-2-4-22(5-3-12)14-17-6-10(15)7-18-14/h6-9,12H,2-5H2,1H3. The molecule has 1 aliphatic heterocycles. The van der Waals surface area contributed by atoms with Crippen molar-refractivity contribution in [1.29, 1.82) is 0 Å². The summed E-state index contributed by atoms with van der Waals surface area (Å²) in [7, 11) is 2.03.